The smallest absolute Gasteiger partial charge is 0.232 e. The van der Waals surface area contributed by atoms with Gasteiger partial charge < -0.3 is 9.73 Å². The number of benzene rings is 1. The van der Waals surface area contributed by atoms with Crippen molar-refractivity contribution in [3.63, 3.8) is 0 Å². The molecule has 130 valence electrons. The number of halogens is 1. The molecule has 0 fully saturated rings. The molecular formula is C16H19ClN2O4S. The molecule has 1 amide bonds. The number of nitrogens with one attached hydrogen (secondary N) is 1. The molecule has 0 radical (unpaired) electrons. The van der Waals surface area contributed by atoms with Crippen LogP contribution in [0.1, 0.15) is 17.7 Å². The van der Waals surface area contributed by atoms with E-state index in [4.69, 9.17) is 16.0 Å². The fourth-order valence-electron chi connectivity index (χ4n) is 2.11. The molecule has 24 heavy (non-hydrogen) atoms. The SMILES string of the molecule is Cc1ccc(N(CCC(=O)NCc2ccco2)S(C)(=O)=O)cc1Cl. The van der Waals surface area contributed by atoms with Crippen LogP contribution in [-0.4, -0.2) is 27.1 Å². The second-order valence-corrected chi connectivity index (χ2v) is 7.69. The van der Waals surface area contributed by atoms with Gasteiger partial charge >= 0.3 is 0 Å². The van der Waals surface area contributed by atoms with Crippen molar-refractivity contribution in [1.29, 1.82) is 0 Å². The van der Waals surface area contributed by atoms with Gasteiger partial charge in [0, 0.05) is 18.0 Å². The zero-order valence-electron chi connectivity index (χ0n) is 13.5. The zero-order chi connectivity index (χ0) is 17.7. The molecule has 2 rings (SSSR count). The van der Waals surface area contributed by atoms with Crippen LogP contribution in [0.25, 0.3) is 0 Å². The van der Waals surface area contributed by atoms with E-state index in [0.29, 0.717) is 16.5 Å². The molecule has 8 heteroatoms. The summed E-state index contributed by atoms with van der Waals surface area (Å²) in [6.45, 7) is 2.13. The standard InChI is InChI=1S/C16H19ClN2O4S/c1-12-5-6-13(10-15(12)17)19(24(2,21)22)8-7-16(20)18-11-14-4-3-9-23-14/h3-6,9-10H,7-8,11H2,1-2H3,(H,18,20). The summed E-state index contributed by atoms with van der Waals surface area (Å²) >= 11 is 6.07. The van der Waals surface area contributed by atoms with Crippen molar-refractivity contribution >= 4 is 33.2 Å². The van der Waals surface area contributed by atoms with Gasteiger partial charge in [-0.2, -0.15) is 0 Å². The predicted molar refractivity (Wildman–Crippen MR) is 93.6 cm³/mol. The summed E-state index contributed by atoms with van der Waals surface area (Å²) < 4.78 is 30.3. The fourth-order valence-corrected chi connectivity index (χ4v) is 3.21. The highest BCUT2D eigenvalue weighted by Gasteiger charge is 2.19. The molecule has 0 saturated heterocycles. The van der Waals surface area contributed by atoms with E-state index in [1.807, 2.05) is 6.92 Å². The number of hydrogen-bond acceptors (Lipinski definition) is 4. The Kier molecular flexibility index (Phi) is 5.90. The number of amides is 1. The second-order valence-electron chi connectivity index (χ2n) is 5.37. The number of furan rings is 1. The van der Waals surface area contributed by atoms with Gasteiger partial charge in [0.05, 0.1) is 24.8 Å². The first-order valence-electron chi connectivity index (χ1n) is 7.30. The molecule has 0 aliphatic heterocycles. The van der Waals surface area contributed by atoms with Crippen LogP contribution in [-0.2, 0) is 21.4 Å². The van der Waals surface area contributed by atoms with Crippen molar-refractivity contribution in [1.82, 2.24) is 5.32 Å². The highest BCUT2D eigenvalue weighted by atomic mass is 35.5. The topological polar surface area (TPSA) is 79.6 Å². The van der Waals surface area contributed by atoms with Crippen molar-refractivity contribution in [2.75, 3.05) is 17.1 Å². The number of carbonyl (C=O) groups excluding carboxylic acids is 1. The van der Waals surface area contributed by atoms with Gasteiger partial charge in [0.1, 0.15) is 5.76 Å². The van der Waals surface area contributed by atoms with Crippen LogP contribution in [0.15, 0.2) is 41.0 Å². The minimum atomic E-state index is -3.53. The molecule has 0 aliphatic rings. The van der Waals surface area contributed by atoms with E-state index in [2.05, 4.69) is 5.32 Å². The van der Waals surface area contributed by atoms with Crippen molar-refractivity contribution in [2.24, 2.45) is 0 Å². The number of aryl methyl sites for hydroxylation is 1. The van der Waals surface area contributed by atoms with Crippen molar-refractivity contribution < 1.29 is 17.6 Å². The summed E-state index contributed by atoms with van der Waals surface area (Å²) in [6, 6.07) is 8.47. The minimum absolute atomic E-state index is 0.0271. The molecular weight excluding hydrogens is 352 g/mol. The Hall–Kier alpha value is -1.99. The number of hydrogen-bond donors (Lipinski definition) is 1. The van der Waals surface area contributed by atoms with E-state index in [1.54, 1.807) is 30.3 Å². The van der Waals surface area contributed by atoms with Crippen LogP contribution < -0.4 is 9.62 Å². The summed E-state index contributed by atoms with van der Waals surface area (Å²) in [5.74, 6) is 0.367. The van der Waals surface area contributed by atoms with E-state index in [0.717, 1.165) is 11.8 Å². The summed E-state index contributed by atoms with van der Waals surface area (Å²) in [6.07, 6.45) is 2.65. The molecule has 6 nitrogen and oxygen atoms in total. The number of rotatable bonds is 7. The average Bonchev–Trinajstić information content (AvgIpc) is 3.01. The number of carbonyl (C=O) groups is 1. The molecule has 1 N–H and O–H groups in total. The van der Waals surface area contributed by atoms with Crippen LogP contribution in [0, 0.1) is 6.92 Å². The Labute approximate surface area is 146 Å². The first-order chi connectivity index (χ1) is 11.3. The fraction of sp³-hybridized carbons (Fsp3) is 0.312. The van der Waals surface area contributed by atoms with Crippen LogP contribution in [0.5, 0.6) is 0 Å². The maximum atomic E-state index is 12.0. The van der Waals surface area contributed by atoms with E-state index in [9.17, 15) is 13.2 Å². The Morgan fingerprint density at radius 3 is 2.67 bits per heavy atom. The van der Waals surface area contributed by atoms with Crippen LogP contribution >= 0.6 is 11.6 Å². The van der Waals surface area contributed by atoms with Crippen LogP contribution in [0.4, 0.5) is 5.69 Å². The lowest BCUT2D eigenvalue weighted by molar-refractivity contribution is -0.121. The monoisotopic (exact) mass is 370 g/mol. The summed E-state index contributed by atoms with van der Waals surface area (Å²) in [5, 5.41) is 3.16. The molecule has 1 heterocycles. The van der Waals surface area contributed by atoms with Crippen molar-refractivity contribution in [3.8, 4) is 0 Å². The van der Waals surface area contributed by atoms with E-state index < -0.39 is 10.0 Å². The summed E-state index contributed by atoms with van der Waals surface area (Å²) in [5.41, 5.74) is 1.29. The number of anilines is 1. The maximum absolute atomic E-state index is 12.0. The lowest BCUT2D eigenvalue weighted by Crippen LogP contribution is -2.34. The largest absolute Gasteiger partial charge is 0.467 e. The third kappa shape index (κ3) is 5.01. The van der Waals surface area contributed by atoms with Gasteiger partial charge in [-0.25, -0.2) is 8.42 Å². The third-order valence-corrected chi connectivity index (χ3v) is 5.03. The van der Waals surface area contributed by atoms with Gasteiger partial charge in [-0.3, -0.25) is 9.10 Å². The van der Waals surface area contributed by atoms with E-state index >= 15 is 0 Å². The Morgan fingerprint density at radius 1 is 1.33 bits per heavy atom. The maximum Gasteiger partial charge on any atom is 0.232 e. The van der Waals surface area contributed by atoms with Gasteiger partial charge in [0.2, 0.25) is 15.9 Å². The van der Waals surface area contributed by atoms with Crippen molar-refractivity contribution in [2.45, 2.75) is 19.9 Å². The highest BCUT2D eigenvalue weighted by molar-refractivity contribution is 7.92. The minimum Gasteiger partial charge on any atom is -0.467 e. The molecule has 0 atom stereocenters. The summed E-state index contributed by atoms with van der Waals surface area (Å²) in [7, 11) is -3.53. The molecule has 2 aromatic rings. The van der Waals surface area contributed by atoms with Gasteiger partial charge in [-0.15, -0.1) is 0 Å². The second kappa shape index (κ2) is 7.72. The van der Waals surface area contributed by atoms with Gasteiger partial charge in [-0.05, 0) is 36.8 Å². The third-order valence-electron chi connectivity index (χ3n) is 3.43. The Bertz CT molecular complexity index is 803. The first-order valence-corrected chi connectivity index (χ1v) is 9.53. The van der Waals surface area contributed by atoms with Crippen LogP contribution in [0.2, 0.25) is 5.02 Å². The normalized spacial score (nSPS) is 11.3. The molecule has 0 bridgehead atoms. The Balaban J connectivity index is 2.01. The molecule has 0 unspecified atom stereocenters. The molecule has 0 aliphatic carbocycles. The zero-order valence-corrected chi connectivity index (χ0v) is 15.0. The molecule has 1 aromatic carbocycles. The average molecular weight is 371 g/mol. The number of sulfonamides is 1. The van der Waals surface area contributed by atoms with Gasteiger partial charge in [0.25, 0.3) is 0 Å². The van der Waals surface area contributed by atoms with Gasteiger partial charge in [-0.1, -0.05) is 17.7 Å². The van der Waals surface area contributed by atoms with E-state index in [-0.39, 0.29) is 25.4 Å². The lowest BCUT2D eigenvalue weighted by Gasteiger charge is -2.22. The van der Waals surface area contributed by atoms with E-state index in [1.165, 1.54) is 10.6 Å². The first kappa shape index (κ1) is 18.4. The Morgan fingerprint density at radius 2 is 2.08 bits per heavy atom. The highest BCUT2D eigenvalue weighted by Crippen LogP contribution is 2.25. The molecule has 1 aromatic heterocycles. The lowest BCUT2D eigenvalue weighted by atomic mass is 10.2. The van der Waals surface area contributed by atoms with Gasteiger partial charge in [0.15, 0.2) is 0 Å². The predicted octanol–water partition coefficient (Wildman–Crippen LogP) is 2.71. The summed E-state index contributed by atoms with van der Waals surface area (Å²) in [4.78, 5) is 11.9. The quantitative estimate of drug-likeness (QED) is 0.812. The number of nitrogens with zero attached hydrogens (tertiary/aromatic N) is 1. The molecule has 0 saturated carbocycles. The van der Waals surface area contributed by atoms with Crippen molar-refractivity contribution in [3.05, 3.63) is 52.9 Å². The molecule has 0 spiro atoms. The van der Waals surface area contributed by atoms with Crippen LogP contribution in [0.3, 0.4) is 0 Å².